The van der Waals surface area contributed by atoms with Crippen molar-refractivity contribution in [3.05, 3.63) is 29.8 Å². The van der Waals surface area contributed by atoms with Crippen molar-refractivity contribution in [2.75, 3.05) is 26.2 Å². The fourth-order valence-electron chi connectivity index (χ4n) is 3.25. The predicted octanol–water partition coefficient (Wildman–Crippen LogP) is 2.32. The Balaban J connectivity index is 1.47. The molecule has 0 saturated carbocycles. The van der Waals surface area contributed by atoms with Crippen molar-refractivity contribution in [3.8, 4) is 5.75 Å². The molecule has 22 heavy (non-hydrogen) atoms. The van der Waals surface area contributed by atoms with Gasteiger partial charge in [0.2, 0.25) is 5.91 Å². The smallest absolute Gasteiger partial charge is 0.239 e. The molecule has 0 radical (unpaired) electrons. The molecule has 1 aromatic carbocycles. The molecular formula is C18H26N2O2. The van der Waals surface area contributed by atoms with Crippen molar-refractivity contribution in [2.45, 2.75) is 45.3 Å². The summed E-state index contributed by atoms with van der Waals surface area (Å²) in [5.74, 6) is 1.23. The second kappa shape index (κ2) is 6.69. The zero-order valence-electron chi connectivity index (χ0n) is 13.6. The second-order valence-corrected chi connectivity index (χ2v) is 6.40. The minimum Gasteiger partial charge on any atom is -0.488 e. The molecule has 0 unspecified atom stereocenters. The van der Waals surface area contributed by atoms with Gasteiger partial charge in [-0.3, -0.25) is 9.69 Å². The Kier molecular flexibility index (Phi) is 4.67. The van der Waals surface area contributed by atoms with Crippen LogP contribution < -0.4 is 4.74 Å². The largest absolute Gasteiger partial charge is 0.488 e. The van der Waals surface area contributed by atoms with Crippen molar-refractivity contribution < 1.29 is 9.53 Å². The molecule has 1 amide bonds. The maximum Gasteiger partial charge on any atom is 0.239 e. The van der Waals surface area contributed by atoms with Crippen molar-refractivity contribution in [1.82, 2.24) is 9.80 Å². The first-order valence-electron chi connectivity index (χ1n) is 8.46. The average molecular weight is 302 g/mol. The topological polar surface area (TPSA) is 32.8 Å². The number of rotatable bonds is 5. The summed E-state index contributed by atoms with van der Waals surface area (Å²) in [5, 5.41) is 0. The van der Waals surface area contributed by atoms with E-state index in [9.17, 15) is 4.79 Å². The van der Waals surface area contributed by atoms with Gasteiger partial charge in [-0.15, -0.1) is 0 Å². The molecule has 2 fully saturated rings. The monoisotopic (exact) mass is 302 g/mol. The first kappa shape index (κ1) is 15.3. The van der Waals surface area contributed by atoms with Crippen LogP contribution in [0.4, 0.5) is 0 Å². The van der Waals surface area contributed by atoms with Gasteiger partial charge in [0.1, 0.15) is 11.9 Å². The van der Waals surface area contributed by atoms with Gasteiger partial charge in [0, 0.05) is 26.2 Å². The number of aryl methyl sites for hydroxylation is 1. The van der Waals surface area contributed by atoms with Crippen LogP contribution in [0.2, 0.25) is 0 Å². The van der Waals surface area contributed by atoms with E-state index in [-0.39, 0.29) is 18.1 Å². The number of carbonyl (C=O) groups excluding carboxylic acids is 1. The molecule has 120 valence electrons. The Morgan fingerprint density at radius 3 is 2.73 bits per heavy atom. The molecule has 1 atom stereocenters. The summed E-state index contributed by atoms with van der Waals surface area (Å²) in [5.41, 5.74) is 1.30. The number of hydrogen-bond donors (Lipinski definition) is 0. The van der Waals surface area contributed by atoms with Crippen LogP contribution in [0.25, 0.3) is 0 Å². The molecule has 0 aliphatic carbocycles. The van der Waals surface area contributed by atoms with Gasteiger partial charge in [-0.2, -0.15) is 0 Å². The zero-order chi connectivity index (χ0) is 15.5. The van der Waals surface area contributed by atoms with E-state index in [1.54, 1.807) is 0 Å². The van der Waals surface area contributed by atoms with E-state index in [0.717, 1.165) is 51.2 Å². The van der Waals surface area contributed by atoms with Crippen molar-refractivity contribution in [3.63, 3.8) is 0 Å². The van der Waals surface area contributed by atoms with Gasteiger partial charge in [0.05, 0.1) is 6.04 Å². The minimum atomic E-state index is -0.0140. The highest BCUT2D eigenvalue weighted by Crippen LogP contribution is 2.22. The predicted molar refractivity (Wildman–Crippen MR) is 87.1 cm³/mol. The molecule has 3 rings (SSSR count). The summed E-state index contributed by atoms with van der Waals surface area (Å²) in [6.45, 7) is 7.72. The van der Waals surface area contributed by atoms with E-state index < -0.39 is 0 Å². The van der Waals surface area contributed by atoms with E-state index >= 15 is 0 Å². The number of hydrogen-bond acceptors (Lipinski definition) is 3. The van der Waals surface area contributed by atoms with Crippen LogP contribution in [0.1, 0.15) is 32.3 Å². The molecule has 2 saturated heterocycles. The quantitative estimate of drug-likeness (QED) is 0.837. The summed E-state index contributed by atoms with van der Waals surface area (Å²) >= 11 is 0. The van der Waals surface area contributed by atoms with Crippen LogP contribution in [0.5, 0.6) is 5.75 Å². The maximum absolute atomic E-state index is 12.4. The van der Waals surface area contributed by atoms with Gasteiger partial charge in [0.25, 0.3) is 0 Å². The minimum absolute atomic E-state index is 0.0140. The molecule has 2 aliphatic rings. The lowest BCUT2D eigenvalue weighted by Gasteiger charge is -2.42. The van der Waals surface area contributed by atoms with Crippen molar-refractivity contribution >= 4 is 5.91 Å². The summed E-state index contributed by atoms with van der Waals surface area (Å²) in [6.07, 6.45) is 3.53. The van der Waals surface area contributed by atoms with Gasteiger partial charge in [-0.1, -0.05) is 19.1 Å². The number of carbonyl (C=O) groups is 1. The molecule has 2 aliphatic heterocycles. The van der Waals surface area contributed by atoms with E-state index in [1.165, 1.54) is 5.56 Å². The molecule has 4 nitrogen and oxygen atoms in total. The van der Waals surface area contributed by atoms with Gasteiger partial charge in [-0.05, 0) is 43.9 Å². The highest BCUT2D eigenvalue weighted by atomic mass is 16.5. The highest BCUT2D eigenvalue weighted by Gasteiger charge is 2.36. The van der Waals surface area contributed by atoms with E-state index in [2.05, 4.69) is 24.0 Å². The standard InChI is InChI=1S/C18H26N2O2/c1-3-15-7-6-8-16(11-15)22-17-12-20(13-17)14(2)18(21)19-9-4-5-10-19/h6-8,11,14,17H,3-5,9-10,12-13H2,1-2H3/t14-/m0/s1. The molecule has 1 aromatic rings. The SMILES string of the molecule is CCc1cccc(OC2CN([C@@H](C)C(=O)N3CCCC3)C2)c1. The first-order chi connectivity index (χ1) is 10.7. The van der Waals surface area contributed by atoms with Crippen LogP contribution in [0.3, 0.4) is 0 Å². The lowest BCUT2D eigenvalue weighted by molar-refractivity contribution is -0.139. The van der Waals surface area contributed by atoms with Gasteiger partial charge in [0.15, 0.2) is 0 Å². The molecule has 0 bridgehead atoms. The third kappa shape index (κ3) is 3.27. The highest BCUT2D eigenvalue weighted by molar-refractivity contribution is 5.81. The Bertz CT molecular complexity index is 520. The van der Waals surface area contributed by atoms with Crippen LogP contribution >= 0.6 is 0 Å². The fourth-order valence-corrected chi connectivity index (χ4v) is 3.25. The van der Waals surface area contributed by atoms with E-state index in [0.29, 0.717) is 0 Å². The molecule has 0 spiro atoms. The summed E-state index contributed by atoms with van der Waals surface area (Å²) < 4.78 is 6.01. The lowest BCUT2D eigenvalue weighted by atomic mass is 10.1. The Hall–Kier alpha value is -1.55. The van der Waals surface area contributed by atoms with Crippen molar-refractivity contribution in [2.24, 2.45) is 0 Å². The average Bonchev–Trinajstić information content (AvgIpc) is 3.03. The molecule has 2 heterocycles. The van der Waals surface area contributed by atoms with Crippen LogP contribution in [0, 0.1) is 0 Å². The Labute approximate surface area is 133 Å². The zero-order valence-corrected chi connectivity index (χ0v) is 13.6. The van der Waals surface area contributed by atoms with Crippen LogP contribution in [-0.2, 0) is 11.2 Å². The number of ether oxygens (including phenoxy) is 1. The molecule has 4 heteroatoms. The van der Waals surface area contributed by atoms with Gasteiger partial charge in [-0.25, -0.2) is 0 Å². The Morgan fingerprint density at radius 2 is 2.05 bits per heavy atom. The van der Waals surface area contributed by atoms with E-state index in [1.807, 2.05) is 24.0 Å². The van der Waals surface area contributed by atoms with E-state index in [4.69, 9.17) is 4.74 Å². The number of amides is 1. The summed E-state index contributed by atoms with van der Waals surface area (Å²) in [4.78, 5) is 16.6. The molecule has 0 N–H and O–H groups in total. The third-order valence-corrected chi connectivity index (χ3v) is 4.81. The third-order valence-electron chi connectivity index (χ3n) is 4.81. The normalized spacial score (nSPS) is 20.7. The lowest BCUT2D eigenvalue weighted by Crippen LogP contribution is -2.60. The van der Waals surface area contributed by atoms with Crippen molar-refractivity contribution in [1.29, 1.82) is 0 Å². The number of benzene rings is 1. The fraction of sp³-hybridized carbons (Fsp3) is 0.611. The van der Waals surface area contributed by atoms with Gasteiger partial charge < -0.3 is 9.64 Å². The van der Waals surface area contributed by atoms with Crippen LogP contribution in [0.15, 0.2) is 24.3 Å². The Morgan fingerprint density at radius 1 is 1.32 bits per heavy atom. The first-order valence-corrected chi connectivity index (χ1v) is 8.46. The molecular weight excluding hydrogens is 276 g/mol. The number of likely N-dealkylation sites (tertiary alicyclic amines) is 2. The summed E-state index contributed by atoms with van der Waals surface area (Å²) in [6, 6.07) is 8.28. The van der Waals surface area contributed by atoms with Crippen LogP contribution in [-0.4, -0.2) is 54.0 Å². The summed E-state index contributed by atoms with van der Waals surface area (Å²) in [7, 11) is 0. The second-order valence-electron chi connectivity index (χ2n) is 6.40. The maximum atomic E-state index is 12.4. The molecule has 0 aromatic heterocycles. The number of nitrogens with zero attached hydrogens (tertiary/aromatic N) is 2. The van der Waals surface area contributed by atoms with Gasteiger partial charge >= 0.3 is 0 Å².